The van der Waals surface area contributed by atoms with E-state index in [4.69, 9.17) is 15.2 Å². The number of hydrogen-bond acceptors (Lipinski definition) is 6. The lowest BCUT2D eigenvalue weighted by molar-refractivity contribution is 0.0930. The largest absolute Gasteiger partial charge is 0.495 e. The van der Waals surface area contributed by atoms with Crippen LogP contribution in [0.3, 0.4) is 0 Å². The van der Waals surface area contributed by atoms with Crippen molar-refractivity contribution in [3.05, 3.63) is 77.0 Å². The maximum absolute atomic E-state index is 13.6. The number of anilines is 2. The van der Waals surface area contributed by atoms with Crippen LogP contribution in [0.5, 0.6) is 11.5 Å². The molecule has 0 aliphatic heterocycles. The number of hydrogen-bond donors (Lipinski definition) is 3. The predicted molar refractivity (Wildman–Crippen MR) is 135 cm³/mol. The molecule has 8 heteroatoms. The summed E-state index contributed by atoms with van der Waals surface area (Å²) in [7, 11) is 1.57. The lowest BCUT2D eigenvalue weighted by Crippen LogP contribution is -2.37. The number of carbonyl (C=O) groups excluding carboxylic acids is 2. The van der Waals surface area contributed by atoms with Crippen LogP contribution in [0.15, 0.2) is 54.6 Å². The second-order valence-electron chi connectivity index (χ2n) is 9.57. The number of amides is 2. The van der Waals surface area contributed by atoms with Crippen LogP contribution in [0.25, 0.3) is 0 Å². The van der Waals surface area contributed by atoms with Crippen LogP contribution in [0, 0.1) is 0 Å². The van der Waals surface area contributed by atoms with Gasteiger partial charge in [-0.1, -0.05) is 57.2 Å². The molecule has 1 heterocycles. The highest BCUT2D eigenvalue weighted by Gasteiger charge is 2.31. The number of ether oxygens (including phenoxy) is 2. The van der Waals surface area contributed by atoms with E-state index in [1.807, 2.05) is 51.1 Å². The van der Waals surface area contributed by atoms with Gasteiger partial charge in [0.25, 0.3) is 5.91 Å². The molecular formula is C27H30N4O4. The van der Waals surface area contributed by atoms with Crippen molar-refractivity contribution in [3.8, 4) is 11.5 Å². The molecule has 0 bridgehead atoms. The first-order valence-corrected chi connectivity index (χ1v) is 11.5. The predicted octanol–water partition coefficient (Wildman–Crippen LogP) is 4.49. The lowest BCUT2D eigenvalue weighted by Gasteiger charge is -2.26. The maximum Gasteiger partial charge on any atom is 0.409 e. The van der Waals surface area contributed by atoms with Gasteiger partial charge in [0.2, 0.25) is 0 Å². The van der Waals surface area contributed by atoms with Gasteiger partial charge in [0.1, 0.15) is 23.0 Å². The third-order valence-electron chi connectivity index (χ3n) is 5.91. The van der Waals surface area contributed by atoms with Gasteiger partial charge in [-0.15, -0.1) is 0 Å². The molecule has 182 valence electrons. The van der Waals surface area contributed by atoms with Crippen molar-refractivity contribution >= 4 is 23.5 Å². The molecule has 0 atom stereocenters. The fraction of sp³-hybridized carbons (Fsp3) is 0.296. The molecule has 1 aliphatic carbocycles. The van der Waals surface area contributed by atoms with Gasteiger partial charge in [0.05, 0.1) is 12.8 Å². The van der Waals surface area contributed by atoms with Crippen molar-refractivity contribution in [2.75, 3.05) is 12.4 Å². The first kappa shape index (κ1) is 24.1. The molecular weight excluding hydrogens is 444 g/mol. The Morgan fingerprint density at radius 2 is 1.63 bits per heavy atom. The number of rotatable bonds is 6. The van der Waals surface area contributed by atoms with E-state index in [0.717, 1.165) is 12.8 Å². The Balaban J connectivity index is 1.73. The summed E-state index contributed by atoms with van der Waals surface area (Å²) in [5.41, 5.74) is 8.57. The molecule has 0 saturated carbocycles. The van der Waals surface area contributed by atoms with Crippen LogP contribution in [-0.2, 0) is 18.3 Å². The number of nitrogens with one attached hydrogen (secondary N) is 2. The van der Waals surface area contributed by atoms with E-state index in [-0.39, 0.29) is 23.4 Å². The summed E-state index contributed by atoms with van der Waals surface area (Å²) >= 11 is 0. The van der Waals surface area contributed by atoms with E-state index in [0.29, 0.717) is 22.8 Å². The van der Waals surface area contributed by atoms with Crippen molar-refractivity contribution in [1.29, 1.82) is 0 Å². The monoisotopic (exact) mass is 474 g/mol. The lowest BCUT2D eigenvalue weighted by atomic mass is 9.84. The molecule has 4 rings (SSSR count). The van der Waals surface area contributed by atoms with Crippen LogP contribution in [0.2, 0.25) is 0 Å². The summed E-state index contributed by atoms with van der Waals surface area (Å²) in [4.78, 5) is 30.0. The normalized spacial score (nSPS) is 13.1. The standard InChI is InChI=1S/C27H30N4O4/c1-27(2,3)23-21(35-26(28)33)15-22(30-19-11-7-8-12-20(19)34-4)31-24(23)25(32)29-18-13-16-9-5-6-10-17(16)14-18/h5-12,15,18H,13-14H2,1-4H3,(H2,28,33)(H,29,32)(H,30,31). The van der Waals surface area contributed by atoms with Crippen LogP contribution < -0.4 is 25.8 Å². The number of para-hydroxylation sites is 2. The average molecular weight is 475 g/mol. The Labute approximate surface area is 204 Å². The van der Waals surface area contributed by atoms with Crippen LogP contribution in [0.1, 0.15) is 48.0 Å². The Morgan fingerprint density at radius 1 is 1.00 bits per heavy atom. The molecule has 2 amide bonds. The SMILES string of the molecule is COc1ccccc1Nc1cc(OC(N)=O)c(C(C)(C)C)c(C(=O)NC2Cc3ccccc3C2)n1. The van der Waals surface area contributed by atoms with Gasteiger partial charge in [0, 0.05) is 17.7 Å². The number of primary amides is 1. The Bertz CT molecular complexity index is 1240. The number of nitrogens with zero attached hydrogens (tertiary/aromatic N) is 1. The Hall–Kier alpha value is -4.07. The molecule has 4 N–H and O–H groups in total. The molecule has 0 radical (unpaired) electrons. The van der Waals surface area contributed by atoms with Crippen molar-refractivity contribution in [3.63, 3.8) is 0 Å². The molecule has 1 aliphatic rings. The summed E-state index contributed by atoms with van der Waals surface area (Å²) in [6, 6.07) is 17.0. The third kappa shape index (κ3) is 5.37. The van der Waals surface area contributed by atoms with Gasteiger partial charge >= 0.3 is 6.09 Å². The molecule has 0 fully saturated rings. The number of carbonyl (C=O) groups is 2. The summed E-state index contributed by atoms with van der Waals surface area (Å²) in [5, 5.41) is 6.29. The highest BCUT2D eigenvalue weighted by atomic mass is 16.5. The molecule has 1 aromatic heterocycles. The number of pyridine rings is 1. The minimum absolute atomic E-state index is 0.0548. The van der Waals surface area contributed by atoms with Gasteiger partial charge in [-0.3, -0.25) is 4.79 Å². The molecule has 0 unspecified atom stereocenters. The zero-order valence-electron chi connectivity index (χ0n) is 20.3. The summed E-state index contributed by atoms with van der Waals surface area (Å²) in [6.07, 6.45) is 0.523. The minimum Gasteiger partial charge on any atom is -0.495 e. The zero-order valence-corrected chi connectivity index (χ0v) is 20.3. The van der Waals surface area contributed by atoms with E-state index in [9.17, 15) is 9.59 Å². The highest BCUT2D eigenvalue weighted by Crippen LogP contribution is 2.37. The topological polar surface area (TPSA) is 116 Å². The summed E-state index contributed by atoms with van der Waals surface area (Å²) in [6.45, 7) is 5.77. The zero-order chi connectivity index (χ0) is 25.2. The van der Waals surface area contributed by atoms with Crippen LogP contribution in [0.4, 0.5) is 16.3 Å². The average Bonchev–Trinajstić information content (AvgIpc) is 3.20. The first-order chi connectivity index (χ1) is 16.7. The molecule has 35 heavy (non-hydrogen) atoms. The number of aromatic nitrogens is 1. The summed E-state index contributed by atoms with van der Waals surface area (Å²) in [5.74, 6) is 0.753. The van der Waals surface area contributed by atoms with Gasteiger partial charge in [-0.2, -0.15) is 0 Å². The van der Waals surface area contributed by atoms with Gasteiger partial charge in [-0.25, -0.2) is 9.78 Å². The second-order valence-corrected chi connectivity index (χ2v) is 9.57. The van der Waals surface area contributed by atoms with Gasteiger partial charge in [-0.05, 0) is 41.5 Å². The molecule has 0 saturated heterocycles. The maximum atomic E-state index is 13.6. The highest BCUT2D eigenvalue weighted by molar-refractivity contribution is 5.96. The number of methoxy groups -OCH3 is 1. The summed E-state index contributed by atoms with van der Waals surface area (Å²) < 4.78 is 10.8. The minimum atomic E-state index is -0.970. The molecule has 8 nitrogen and oxygen atoms in total. The van der Waals surface area contributed by atoms with E-state index in [2.05, 4.69) is 27.8 Å². The van der Waals surface area contributed by atoms with E-state index < -0.39 is 11.5 Å². The number of benzene rings is 2. The van der Waals surface area contributed by atoms with Crippen molar-refractivity contribution in [2.24, 2.45) is 5.73 Å². The van der Waals surface area contributed by atoms with E-state index in [1.165, 1.54) is 11.1 Å². The Morgan fingerprint density at radius 3 is 2.23 bits per heavy atom. The van der Waals surface area contributed by atoms with Gasteiger partial charge in [0.15, 0.2) is 0 Å². The van der Waals surface area contributed by atoms with E-state index >= 15 is 0 Å². The van der Waals surface area contributed by atoms with Crippen LogP contribution >= 0.6 is 0 Å². The van der Waals surface area contributed by atoms with Crippen molar-refractivity contribution in [2.45, 2.75) is 45.1 Å². The number of fused-ring (bicyclic) bond motifs is 1. The van der Waals surface area contributed by atoms with Crippen LogP contribution in [-0.4, -0.2) is 30.1 Å². The molecule has 3 aromatic rings. The third-order valence-corrected chi connectivity index (χ3v) is 5.91. The second kappa shape index (κ2) is 9.66. The van der Waals surface area contributed by atoms with Gasteiger partial charge < -0.3 is 25.8 Å². The molecule has 2 aromatic carbocycles. The number of nitrogens with two attached hydrogens (primary N) is 1. The molecule has 0 spiro atoms. The van der Waals surface area contributed by atoms with Crippen molar-refractivity contribution in [1.82, 2.24) is 10.3 Å². The van der Waals surface area contributed by atoms with E-state index in [1.54, 1.807) is 19.2 Å². The first-order valence-electron chi connectivity index (χ1n) is 11.5. The quantitative estimate of drug-likeness (QED) is 0.485. The van der Waals surface area contributed by atoms with Crippen molar-refractivity contribution < 1.29 is 19.1 Å². The Kier molecular flexibility index (Phi) is 6.64. The fourth-order valence-corrected chi connectivity index (χ4v) is 4.46. The smallest absolute Gasteiger partial charge is 0.409 e. The fourth-order valence-electron chi connectivity index (χ4n) is 4.46.